The quantitative estimate of drug-likeness (QED) is 0.597. The third kappa shape index (κ3) is 7.40. The Morgan fingerprint density at radius 1 is 1.03 bits per heavy atom. The number of benzene rings is 2. The number of esters is 1. The van der Waals surface area contributed by atoms with Crippen molar-refractivity contribution in [2.24, 2.45) is 0 Å². The molecule has 2 aromatic carbocycles. The zero-order chi connectivity index (χ0) is 23.2. The van der Waals surface area contributed by atoms with Crippen LogP contribution in [0.3, 0.4) is 0 Å². The topological polar surface area (TPSA) is 92.8 Å². The van der Waals surface area contributed by atoms with Gasteiger partial charge in [0.05, 0.1) is 30.5 Å². The lowest BCUT2D eigenvalue weighted by Gasteiger charge is -2.25. The maximum atomic E-state index is 12.9. The molecule has 0 aliphatic heterocycles. The van der Waals surface area contributed by atoms with Gasteiger partial charge in [-0.2, -0.15) is 0 Å². The molecule has 1 atom stereocenters. The first-order valence-corrected chi connectivity index (χ1v) is 11.9. The van der Waals surface area contributed by atoms with Crippen molar-refractivity contribution in [1.29, 1.82) is 0 Å². The van der Waals surface area contributed by atoms with Crippen molar-refractivity contribution >= 4 is 27.6 Å². The predicted octanol–water partition coefficient (Wildman–Crippen LogP) is 3.27. The number of para-hydroxylation sites is 1. The first-order valence-electron chi connectivity index (χ1n) is 10.1. The lowest BCUT2D eigenvalue weighted by molar-refractivity contribution is -0.148. The molecule has 168 valence electrons. The highest BCUT2D eigenvalue weighted by molar-refractivity contribution is 7.92. The average molecular weight is 447 g/mol. The molecular formula is C23H30N2O5S. The molecule has 2 rings (SSSR count). The van der Waals surface area contributed by atoms with Crippen molar-refractivity contribution < 1.29 is 22.7 Å². The normalized spacial score (nSPS) is 12.3. The molecule has 0 heterocycles. The lowest BCUT2D eigenvalue weighted by atomic mass is 10.0. The van der Waals surface area contributed by atoms with Crippen LogP contribution in [0.15, 0.2) is 48.5 Å². The first-order chi connectivity index (χ1) is 14.5. The van der Waals surface area contributed by atoms with Gasteiger partial charge < -0.3 is 10.1 Å². The zero-order valence-corrected chi connectivity index (χ0v) is 19.4. The molecule has 0 aliphatic carbocycles. The fourth-order valence-corrected chi connectivity index (χ4v) is 4.04. The van der Waals surface area contributed by atoms with Gasteiger partial charge in [0.2, 0.25) is 15.9 Å². The molecule has 31 heavy (non-hydrogen) atoms. The van der Waals surface area contributed by atoms with Gasteiger partial charge in [-0.15, -0.1) is 0 Å². The first kappa shape index (κ1) is 24.4. The van der Waals surface area contributed by atoms with E-state index in [1.165, 1.54) is 0 Å². The summed E-state index contributed by atoms with van der Waals surface area (Å²) in [6.07, 6.45) is 0.726. The summed E-state index contributed by atoms with van der Waals surface area (Å²) in [7, 11) is -3.70. The largest absolute Gasteiger partial charge is 0.463 e. The van der Waals surface area contributed by atoms with Gasteiger partial charge in [0.1, 0.15) is 6.54 Å². The number of hydrogen-bond donors (Lipinski definition) is 1. The van der Waals surface area contributed by atoms with Gasteiger partial charge in [0, 0.05) is 0 Å². The number of anilines is 1. The Labute approximate surface area is 184 Å². The molecule has 0 saturated heterocycles. The van der Waals surface area contributed by atoms with Crippen molar-refractivity contribution in [1.82, 2.24) is 5.32 Å². The minimum Gasteiger partial charge on any atom is -0.463 e. The molecular weight excluding hydrogens is 416 g/mol. The molecule has 2 aromatic rings. The monoisotopic (exact) mass is 446 g/mol. The van der Waals surface area contributed by atoms with Crippen molar-refractivity contribution in [2.75, 3.05) is 17.1 Å². The van der Waals surface area contributed by atoms with E-state index in [1.54, 1.807) is 45.0 Å². The van der Waals surface area contributed by atoms with E-state index in [1.807, 2.05) is 31.2 Å². The molecule has 8 heteroatoms. The Bertz CT molecular complexity index is 1020. The number of sulfonamides is 1. The van der Waals surface area contributed by atoms with Crippen LogP contribution in [0.5, 0.6) is 0 Å². The van der Waals surface area contributed by atoms with Gasteiger partial charge >= 0.3 is 5.97 Å². The minimum absolute atomic E-state index is 0.0593. The molecule has 7 nitrogen and oxygen atoms in total. The Morgan fingerprint density at radius 2 is 1.65 bits per heavy atom. The van der Waals surface area contributed by atoms with E-state index >= 15 is 0 Å². The van der Waals surface area contributed by atoms with Crippen LogP contribution in [0.2, 0.25) is 0 Å². The van der Waals surface area contributed by atoms with Crippen LogP contribution < -0.4 is 9.62 Å². The molecule has 0 aliphatic rings. The van der Waals surface area contributed by atoms with E-state index < -0.39 is 34.5 Å². The molecule has 0 fully saturated rings. The molecule has 0 saturated carbocycles. The van der Waals surface area contributed by atoms with Crippen molar-refractivity contribution in [3.8, 4) is 0 Å². The van der Waals surface area contributed by atoms with Crippen LogP contribution in [0.4, 0.5) is 5.69 Å². The highest BCUT2D eigenvalue weighted by Crippen LogP contribution is 2.23. The molecule has 1 N–H and O–H groups in total. The highest BCUT2D eigenvalue weighted by atomic mass is 32.2. The molecule has 0 bridgehead atoms. The fraction of sp³-hybridized carbons (Fsp3) is 0.391. The zero-order valence-electron chi connectivity index (χ0n) is 18.6. The molecule has 1 unspecified atom stereocenters. The van der Waals surface area contributed by atoms with Crippen LogP contribution in [-0.2, 0) is 24.3 Å². The third-order valence-electron chi connectivity index (χ3n) is 4.62. The van der Waals surface area contributed by atoms with E-state index in [4.69, 9.17) is 4.74 Å². The number of carbonyl (C=O) groups is 2. The van der Waals surface area contributed by atoms with Gasteiger partial charge in [-0.3, -0.25) is 13.9 Å². The fourth-order valence-electron chi connectivity index (χ4n) is 3.12. The third-order valence-corrected chi connectivity index (χ3v) is 5.75. The van der Waals surface area contributed by atoms with Gasteiger partial charge in [0.15, 0.2) is 0 Å². The molecule has 0 spiro atoms. The summed E-state index contributed by atoms with van der Waals surface area (Å²) in [6.45, 7) is 6.83. The van der Waals surface area contributed by atoms with Crippen LogP contribution >= 0.6 is 0 Å². The number of nitrogens with one attached hydrogen (secondary N) is 1. The van der Waals surface area contributed by atoms with Crippen molar-refractivity contribution in [3.63, 3.8) is 0 Å². The number of ether oxygens (including phenoxy) is 1. The van der Waals surface area contributed by atoms with Crippen LogP contribution in [-0.4, -0.2) is 39.2 Å². The van der Waals surface area contributed by atoms with E-state index in [0.29, 0.717) is 5.69 Å². The number of rotatable bonds is 9. The van der Waals surface area contributed by atoms with E-state index in [-0.39, 0.29) is 12.5 Å². The summed E-state index contributed by atoms with van der Waals surface area (Å²) in [4.78, 5) is 25.1. The van der Waals surface area contributed by atoms with E-state index in [0.717, 1.165) is 27.3 Å². The second-order valence-corrected chi connectivity index (χ2v) is 9.74. The summed E-state index contributed by atoms with van der Waals surface area (Å²) in [5.41, 5.74) is 2.95. The molecule has 0 aromatic heterocycles. The van der Waals surface area contributed by atoms with Gasteiger partial charge in [-0.1, -0.05) is 48.0 Å². The second kappa shape index (κ2) is 10.4. The van der Waals surface area contributed by atoms with E-state index in [9.17, 15) is 18.0 Å². The van der Waals surface area contributed by atoms with Gasteiger partial charge in [0.25, 0.3) is 0 Å². The summed E-state index contributed by atoms with van der Waals surface area (Å²) < 4.78 is 31.1. The van der Waals surface area contributed by atoms with Crippen LogP contribution in [0, 0.1) is 13.8 Å². The Balaban J connectivity index is 2.25. The summed E-state index contributed by atoms with van der Waals surface area (Å²) in [6, 6.07) is 13.7. The maximum Gasteiger partial charge on any atom is 0.308 e. The minimum atomic E-state index is -3.70. The standard InChI is InChI=1S/C23H30N2O5S/c1-16(2)30-23(27)14-20(19-12-10-17(3)11-13-19)24-22(26)15-25(31(5,28)29)21-9-7-6-8-18(21)4/h6-13,16,20H,14-15H2,1-5H3,(H,24,26). The summed E-state index contributed by atoms with van der Waals surface area (Å²) in [5, 5.41) is 2.80. The number of aryl methyl sites for hydroxylation is 2. The molecule has 1 amide bonds. The highest BCUT2D eigenvalue weighted by Gasteiger charge is 2.25. The van der Waals surface area contributed by atoms with Crippen molar-refractivity contribution in [3.05, 3.63) is 65.2 Å². The number of nitrogens with zero attached hydrogens (tertiary/aromatic N) is 1. The van der Waals surface area contributed by atoms with Crippen LogP contribution in [0.25, 0.3) is 0 Å². The smallest absolute Gasteiger partial charge is 0.308 e. The Hall–Kier alpha value is -2.87. The maximum absolute atomic E-state index is 12.9. The number of hydrogen-bond acceptors (Lipinski definition) is 5. The molecule has 0 radical (unpaired) electrons. The van der Waals surface area contributed by atoms with Gasteiger partial charge in [-0.25, -0.2) is 8.42 Å². The van der Waals surface area contributed by atoms with Gasteiger partial charge in [-0.05, 0) is 44.9 Å². The van der Waals surface area contributed by atoms with Crippen LogP contribution in [0.1, 0.15) is 43.0 Å². The Morgan fingerprint density at radius 3 is 2.19 bits per heavy atom. The second-order valence-electron chi connectivity index (χ2n) is 7.83. The number of carbonyl (C=O) groups excluding carboxylic acids is 2. The Kier molecular flexibility index (Phi) is 8.21. The average Bonchev–Trinajstić information content (AvgIpc) is 2.65. The summed E-state index contributed by atoms with van der Waals surface area (Å²) in [5.74, 6) is -0.962. The van der Waals surface area contributed by atoms with E-state index in [2.05, 4.69) is 5.32 Å². The summed E-state index contributed by atoms with van der Waals surface area (Å²) >= 11 is 0. The SMILES string of the molecule is Cc1ccc(C(CC(=O)OC(C)C)NC(=O)CN(c2ccccc2C)S(C)(=O)=O)cc1. The lowest BCUT2D eigenvalue weighted by Crippen LogP contribution is -2.42. The number of amides is 1. The predicted molar refractivity (Wildman–Crippen MR) is 121 cm³/mol. The van der Waals surface area contributed by atoms with Crippen molar-refractivity contribution in [2.45, 2.75) is 46.3 Å².